The number of ether oxygens (including phenoxy) is 1. The van der Waals surface area contributed by atoms with E-state index >= 15 is 0 Å². The normalized spacial score (nSPS) is 11.5. The van der Waals surface area contributed by atoms with E-state index in [-0.39, 0.29) is 0 Å². The largest absolute Gasteiger partial charge is 0.442 e. The van der Waals surface area contributed by atoms with Crippen LogP contribution in [0.5, 0.6) is 0 Å². The number of nitrogen functional groups attached to an aromatic ring is 1. The average molecular weight is 301 g/mol. The summed E-state index contributed by atoms with van der Waals surface area (Å²) in [5, 5.41) is 4.40. The monoisotopic (exact) mass is 301 g/mol. The molecule has 0 bridgehead atoms. The lowest BCUT2D eigenvalue weighted by atomic mass is 10.1. The summed E-state index contributed by atoms with van der Waals surface area (Å²) < 4.78 is 6.72. The first-order chi connectivity index (χ1) is 10.3. The van der Waals surface area contributed by atoms with Gasteiger partial charge in [-0.05, 0) is 27.2 Å². The molecule has 0 spiro atoms. The Hall–Kier alpha value is -2.30. The summed E-state index contributed by atoms with van der Waals surface area (Å²) in [5.41, 5.74) is 8.41. The van der Waals surface area contributed by atoms with E-state index in [0.717, 1.165) is 12.0 Å². The molecule has 5 nitrogen and oxygen atoms in total. The predicted octanol–water partition coefficient (Wildman–Crippen LogP) is 3.87. The lowest BCUT2D eigenvalue weighted by Gasteiger charge is -2.19. The zero-order chi connectivity index (χ0) is 16.3. The van der Waals surface area contributed by atoms with Crippen molar-refractivity contribution in [2.45, 2.75) is 46.1 Å². The molecule has 0 atom stereocenters. The standard InChI is InChI=1S/C17H23N3O2/c1-5-9-13-14(18)15(12-10-7-6-8-11-12)19-20(13)16(21)22-17(2,3)4/h6-8,10-11H,5,9,18H2,1-4H3. The highest BCUT2D eigenvalue weighted by Gasteiger charge is 2.24. The second kappa shape index (κ2) is 6.22. The number of rotatable bonds is 3. The van der Waals surface area contributed by atoms with Gasteiger partial charge in [0.05, 0.1) is 11.4 Å². The third-order valence-electron chi connectivity index (χ3n) is 3.12. The maximum absolute atomic E-state index is 12.4. The molecule has 0 aliphatic carbocycles. The van der Waals surface area contributed by atoms with E-state index in [1.54, 1.807) is 0 Å². The molecule has 2 N–H and O–H groups in total. The summed E-state index contributed by atoms with van der Waals surface area (Å²) in [5.74, 6) is 0. The molecule has 0 amide bonds. The van der Waals surface area contributed by atoms with Crippen LogP contribution in [0.15, 0.2) is 30.3 Å². The van der Waals surface area contributed by atoms with Gasteiger partial charge in [-0.2, -0.15) is 9.78 Å². The number of benzene rings is 1. The van der Waals surface area contributed by atoms with Gasteiger partial charge >= 0.3 is 6.09 Å². The Kier molecular flexibility index (Phi) is 4.54. The zero-order valence-corrected chi connectivity index (χ0v) is 13.6. The van der Waals surface area contributed by atoms with Gasteiger partial charge in [0, 0.05) is 5.56 Å². The fraction of sp³-hybridized carbons (Fsp3) is 0.412. The van der Waals surface area contributed by atoms with E-state index in [1.165, 1.54) is 4.68 Å². The molecule has 0 saturated heterocycles. The lowest BCUT2D eigenvalue weighted by Crippen LogP contribution is -2.28. The number of carbonyl (C=O) groups is 1. The fourth-order valence-electron chi connectivity index (χ4n) is 2.21. The van der Waals surface area contributed by atoms with Crippen LogP contribution in [0.3, 0.4) is 0 Å². The van der Waals surface area contributed by atoms with Crippen LogP contribution in [0.25, 0.3) is 11.3 Å². The van der Waals surface area contributed by atoms with Crippen molar-refractivity contribution in [2.75, 3.05) is 5.73 Å². The maximum Gasteiger partial charge on any atom is 0.435 e. The Morgan fingerprint density at radius 3 is 2.45 bits per heavy atom. The molecule has 2 aromatic rings. The number of nitrogens with zero attached hydrogens (tertiary/aromatic N) is 2. The molecule has 0 unspecified atom stereocenters. The van der Waals surface area contributed by atoms with Crippen LogP contribution in [-0.2, 0) is 11.2 Å². The van der Waals surface area contributed by atoms with Crippen molar-refractivity contribution < 1.29 is 9.53 Å². The second-order valence-corrected chi connectivity index (χ2v) is 6.22. The maximum atomic E-state index is 12.4. The Bertz CT molecular complexity index is 655. The van der Waals surface area contributed by atoms with Crippen LogP contribution in [0, 0.1) is 0 Å². The Balaban J connectivity index is 2.47. The third-order valence-corrected chi connectivity index (χ3v) is 3.12. The predicted molar refractivity (Wildman–Crippen MR) is 87.7 cm³/mol. The molecule has 2 rings (SSSR count). The van der Waals surface area contributed by atoms with Gasteiger partial charge in [-0.15, -0.1) is 0 Å². The minimum Gasteiger partial charge on any atom is -0.442 e. The minimum atomic E-state index is -0.575. The van der Waals surface area contributed by atoms with E-state index in [4.69, 9.17) is 10.5 Å². The quantitative estimate of drug-likeness (QED) is 0.934. The first-order valence-electron chi connectivity index (χ1n) is 7.49. The van der Waals surface area contributed by atoms with E-state index in [2.05, 4.69) is 5.10 Å². The number of carbonyl (C=O) groups excluding carboxylic acids is 1. The smallest absolute Gasteiger partial charge is 0.435 e. The summed E-state index contributed by atoms with van der Waals surface area (Å²) in [6.45, 7) is 7.52. The molecule has 1 heterocycles. The first-order valence-corrected chi connectivity index (χ1v) is 7.49. The van der Waals surface area contributed by atoms with E-state index in [1.807, 2.05) is 58.0 Å². The van der Waals surface area contributed by atoms with E-state index in [0.29, 0.717) is 23.5 Å². The molecule has 0 aliphatic heterocycles. The average Bonchev–Trinajstić information content (AvgIpc) is 2.76. The van der Waals surface area contributed by atoms with Gasteiger partial charge in [0.25, 0.3) is 0 Å². The van der Waals surface area contributed by atoms with Crippen molar-refractivity contribution in [1.29, 1.82) is 0 Å². The van der Waals surface area contributed by atoms with Crippen molar-refractivity contribution in [3.05, 3.63) is 36.0 Å². The van der Waals surface area contributed by atoms with Gasteiger partial charge in [-0.3, -0.25) is 0 Å². The number of nitrogens with two attached hydrogens (primary N) is 1. The van der Waals surface area contributed by atoms with Crippen molar-refractivity contribution in [3.63, 3.8) is 0 Å². The molecule has 1 aromatic heterocycles. The number of aromatic nitrogens is 2. The van der Waals surface area contributed by atoms with Crippen LogP contribution >= 0.6 is 0 Å². The summed E-state index contributed by atoms with van der Waals surface area (Å²) >= 11 is 0. The summed E-state index contributed by atoms with van der Waals surface area (Å²) in [6, 6.07) is 9.61. The van der Waals surface area contributed by atoms with Crippen LogP contribution < -0.4 is 5.73 Å². The van der Waals surface area contributed by atoms with Gasteiger partial charge in [0.2, 0.25) is 0 Å². The summed E-state index contributed by atoms with van der Waals surface area (Å²) in [7, 11) is 0. The third kappa shape index (κ3) is 3.47. The molecular weight excluding hydrogens is 278 g/mol. The number of hydrogen-bond donors (Lipinski definition) is 1. The van der Waals surface area contributed by atoms with Gasteiger partial charge < -0.3 is 10.5 Å². The molecule has 0 fully saturated rings. The lowest BCUT2D eigenvalue weighted by molar-refractivity contribution is 0.0510. The van der Waals surface area contributed by atoms with Crippen LogP contribution in [0.1, 0.15) is 39.8 Å². The molecule has 0 aliphatic rings. The van der Waals surface area contributed by atoms with Crippen LogP contribution in [-0.4, -0.2) is 21.5 Å². The summed E-state index contributed by atoms with van der Waals surface area (Å²) in [6.07, 6.45) is 1.04. The topological polar surface area (TPSA) is 70.1 Å². The minimum absolute atomic E-state index is 0.496. The number of hydrogen-bond acceptors (Lipinski definition) is 4. The van der Waals surface area contributed by atoms with Crippen molar-refractivity contribution in [3.8, 4) is 11.3 Å². The first kappa shape index (κ1) is 16.1. The Morgan fingerprint density at radius 1 is 1.27 bits per heavy atom. The van der Waals surface area contributed by atoms with E-state index < -0.39 is 11.7 Å². The fourth-order valence-corrected chi connectivity index (χ4v) is 2.21. The van der Waals surface area contributed by atoms with Gasteiger partial charge in [0.1, 0.15) is 11.3 Å². The van der Waals surface area contributed by atoms with Crippen LogP contribution in [0.2, 0.25) is 0 Å². The molecule has 5 heteroatoms. The SMILES string of the molecule is CCCc1c(N)c(-c2ccccc2)nn1C(=O)OC(C)(C)C. The van der Waals surface area contributed by atoms with Gasteiger partial charge in [0.15, 0.2) is 0 Å². The highest BCUT2D eigenvalue weighted by molar-refractivity contribution is 5.80. The van der Waals surface area contributed by atoms with E-state index in [9.17, 15) is 4.79 Å². The molecule has 22 heavy (non-hydrogen) atoms. The highest BCUT2D eigenvalue weighted by Crippen LogP contribution is 2.29. The number of anilines is 1. The Labute approximate surface area is 131 Å². The molecule has 118 valence electrons. The summed E-state index contributed by atoms with van der Waals surface area (Å²) in [4.78, 5) is 12.4. The van der Waals surface area contributed by atoms with Gasteiger partial charge in [-0.1, -0.05) is 43.7 Å². The van der Waals surface area contributed by atoms with Gasteiger partial charge in [-0.25, -0.2) is 4.79 Å². The highest BCUT2D eigenvalue weighted by atomic mass is 16.6. The molecular formula is C17H23N3O2. The molecule has 0 saturated carbocycles. The van der Waals surface area contributed by atoms with Crippen molar-refractivity contribution in [2.24, 2.45) is 0 Å². The van der Waals surface area contributed by atoms with Crippen molar-refractivity contribution in [1.82, 2.24) is 9.78 Å². The van der Waals surface area contributed by atoms with Crippen molar-refractivity contribution >= 4 is 11.8 Å². The second-order valence-electron chi connectivity index (χ2n) is 6.22. The Morgan fingerprint density at radius 2 is 1.91 bits per heavy atom. The molecule has 1 aromatic carbocycles. The molecule has 0 radical (unpaired) electrons. The zero-order valence-electron chi connectivity index (χ0n) is 13.6. The van der Waals surface area contributed by atoms with Crippen LogP contribution in [0.4, 0.5) is 10.5 Å².